The molecule has 0 saturated carbocycles. The first-order valence-corrected chi connectivity index (χ1v) is 8.59. The number of hydrogen-bond donors (Lipinski definition) is 2. The highest BCUT2D eigenvalue weighted by Gasteiger charge is 2.22. The third-order valence-corrected chi connectivity index (χ3v) is 3.80. The number of alkyl carbamates (subject to hydrolysis) is 1. The third kappa shape index (κ3) is 8.00. The first-order valence-electron chi connectivity index (χ1n) is 8.59. The normalized spacial score (nSPS) is 18.3. The molecule has 1 aliphatic heterocycles. The molecule has 1 fully saturated rings. The van der Waals surface area contributed by atoms with Gasteiger partial charge in [-0.1, -0.05) is 30.3 Å². The molecule has 0 radical (unpaired) electrons. The van der Waals surface area contributed by atoms with Gasteiger partial charge in [0.25, 0.3) is 0 Å². The first-order chi connectivity index (χ1) is 12.1. The summed E-state index contributed by atoms with van der Waals surface area (Å²) < 4.78 is 16.5. The van der Waals surface area contributed by atoms with Crippen molar-refractivity contribution in [2.75, 3.05) is 6.61 Å². The average Bonchev–Trinajstić information content (AvgIpc) is 2.61. The molecule has 1 aromatic carbocycles. The van der Waals surface area contributed by atoms with Crippen LogP contribution in [0.3, 0.4) is 0 Å². The van der Waals surface area contributed by atoms with E-state index in [1.165, 1.54) is 0 Å². The molecule has 2 unspecified atom stereocenters. The predicted octanol–water partition coefficient (Wildman–Crippen LogP) is 3.04. The van der Waals surface area contributed by atoms with Crippen LogP contribution in [0.2, 0.25) is 0 Å². The molecule has 2 N–H and O–H groups in total. The smallest absolute Gasteiger partial charge is 0.409 e. The van der Waals surface area contributed by atoms with Crippen LogP contribution in [-0.2, 0) is 25.6 Å². The van der Waals surface area contributed by atoms with Gasteiger partial charge in [0.15, 0.2) is 6.29 Å². The Morgan fingerprint density at radius 2 is 2.08 bits per heavy atom. The fraction of sp³-hybridized carbons (Fsp3) is 0.556. The quantitative estimate of drug-likeness (QED) is 0.664. The number of carboxylic acids is 1. The van der Waals surface area contributed by atoms with Crippen LogP contribution in [-0.4, -0.2) is 36.3 Å². The van der Waals surface area contributed by atoms with Crippen LogP contribution in [0.4, 0.5) is 4.79 Å². The molecule has 0 aromatic heterocycles. The number of ether oxygens (including phenoxy) is 3. The third-order valence-electron chi connectivity index (χ3n) is 3.80. The number of carbonyl (C=O) groups excluding carboxylic acids is 1. The molecule has 1 heterocycles. The van der Waals surface area contributed by atoms with Crippen molar-refractivity contribution in [3.05, 3.63) is 35.9 Å². The maximum atomic E-state index is 12.0. The van der Waals surface area contributed by atoms with Gasteiger partial charge >= 0.3 is 12.1 Å². The summed E-state index contributed by atoms with van der Waals surface area (Å²) in [6, 6.07) is 9.36. The maximum Gasteiger partial charge on any atom is 0.409 e. The molecule has 1 aromatic rings. The lowest BCUT2D eigenvalue weighted by Crippen LogP contribution is -2.41. The van der Waals surface area contributed by atoms with E-state index in [1.807, 2.05) is 30.3 Å². The van der Waals surface area contributed by atoms with Crippen LogP contribution in [0.5, 0.6) is 0 Å². The molecule has 7 nitrogen and oxygen atoms in total. The topological polar surface area (TPSA) is 94.1 Å². The Balaban J connectivity index is 1.80. The van der Waals surface area contributed by atoms with Gasteiger partial charge in [0.05, 0.1) is 0 Å². The minimum absolute atomic E-state index is 0.0200. The van der Waals surface area contributed by atoms with Crippen molar-refractivity contribution in [1.29, 1.82) is 0 Å². The second-order valence-corrected chi connectivity index (χ2v) is 5.91. The Bertz CT molecular complexity index is 530. The van der Waals surface area contributed by atoms with Crippen molar-refractivity contribution >= 4 is 12.1 Å². The lowest BCUT2D eigenvalue weighted by atomic mass is 10.2. The molecule has 0 spiro atoms. The number of carbonyl (C=O) groups is 2. The number of nitrogens with one attached hydrogen (secondary N) is 1. The van der Waals surface area contributed by atoms with Crippen molar-refractivity contribution < 1.29 is 28.9 Å². The molecule has 1 amide bonds. The largest absolute Gasteiger partial charge is 0.481 e. The lowest BCUT2D eigenvalue weighted by Gasteiger charge is -2.28. The zero-order valence-electron chi connectivity index (χ0n) is 14.2. The molecule has 2 rings (SSSR count). The maximum absolute atomic E-state index is 12.0. The van der Waals surface area contributed by atoms with Crippen LogP contribution in [0.15, 0.2) is 30.3 Å². The molecule has 0 bridgehead atoms. The Hall–Kier alpha value is -2.12. The van der Waals surface area contributed by atoms with E-state index >= 15 is 0 Å². The lowest BCUT2D eigenvalue weighted by molar-refractivity contribution is -0.194. The molecule has 2 atom stereocenters. The van der Waals surface area contributed by atoms with Gasteiger partial charge in [0, 0.05) is 13.0 Å². The summed E-state index contributed by atoms with van der Waals surface area (Å²) >= 11 is 0. The highest BCUT2D eigenvalue weighted by molar-refractivity contribution is 5.67. The summed E-state index contributed by atoms with van der Waals surface area (Å²) in [5, 5.41) is 11.4. The van der Waals surface area contributed by atoms with E-state index in [2.05, 4.69) is 5.32 Å². The van der Waals surface area contributed by atoms with Crippen LogP contribution < -0.4 is 5.32 Å². The average molecular weight is 351 g/mol. The highest BCUT2D eigenvalue weighted by Crippen LogP contribution is 2.17. The molecular formula is C18H25NO6. The summed E-state index contributed by atoms with van der Waals surface area (Å²) in [6.07, 6.45) is 1.95. The van der Waals surface area contributed by atoms with Gasteiger partial charge in [-0.25, -0.2) is 4.79 Å². The van der Waals surface area contributed by atoms with E-state index in [1.54, 1.807) is 0 Å². The highest BCUT2D eigenvalue weighted by atomic mass is 16.7. The molecule has 7 heteroatoms. The number of benzene rings is 1. The minimum atomic E-state index is -0.876. The van der Waals surface area contributed by atoms with E-state index < -0.39 is 18.3 Å². The monoisotopic (exact) mass is 351 g/mol. The predicted molar refractivity (Wildman–Crippen MR) is 89.7 cm³/mol. The molecule has 1 aliphatic rings. The molecular weight excluding hydrogens is 326 g/mol. The molecule has 1 saturated heterocycles. The van der Waals surface area contributed by atoms with Gasteiger partial charge in [0.1, 0.15) is 12.8 Å². The van der Waals surface area contributed by atoms with Gasteiger partial charge in [0.2, 0.25) is 0 Å². The van der Waals surface area contributed by atoms with Gasteiger partial charge < -0.3 is 19.3 Å². The second-order valence-electron chi connectivity index (χ2n) is 5.91. The van der Waals surface area contributed by atoms with Crippen molar-refractivity contribution in [3.63, 3.8) is 0 Å². The van der Waals surface area contributed by atoms with Gasteiger partial charge in [-0.2, -0.15) is 0 Å². The van der Waals surface area contributed by atoms with Crippen LogP contribution in [0.25, 0.3) is 0 Å². The fourth-order valence-electron chi connectivity index (χ4n) is 2.51. The minimum Gasteiger partial charge on any atom is -0.481 e. The van der Waals surface area contributed by atoms with Gasteiger partial charge in [-0.15, -0.1) is 0 Å². The van der Waals surface area contributed by atoms with E-state index in [-0.39, 0.29) is 19.3 Å². The Morgan fingerprint density at radius 1 is 1.28 bits per heavy atom. The standard InChI is InChI=1S/C18H25NO6/c20-16(21)10-6-9-15(25-17-11-4-5-12-23-17)19-18(22)24-13-14-7-2-1-3-8-14/h1-3,7-8,15,17H,4-6,9-13H2,(H,19,22)(H,20,21). The fourth-order valence-corrected chi connectivity index (χ4v) is 2.51. The van der Waals surface area contributed by atoms with Crippen LogP contribution in [0.1, 0.15) is 44.1 Å². The number of hydrogen-bond acceptors (Lipinski definition) is 5. The van der Waals surface area contributed by atoms with E-state index in [0.717, 1.165) is 24.8 Å². The summed E-state index contributed by atoms with van der Waals surface area (Å²) in [5.41, 5.74) is 0.886. The van der Waals surface area contributed by atoms with E-state index in [4.69, 9.17) is 19.3 Å². The van der Waals surface area contributed by atoms with Crippen LogP contribution >= 0.6 is 0 Å². The van der Waals surface area contributed by atoms with Crippen LogP contribution in [0, 0.1) is 0 Å². The zero-order valence-corrected chi connectivity index (χ0v) is 14.2. The Labute approximate surface area is 147 Å². The number of carboxylic acid groups (broad SMARTS) is 1. The molecule has 0 aliphatic carbocycles. The summed E-state index contributed by atoms with van der Waals surface area (Å²) in [6.45, 7) is 0.791. The van der Waals surface area contributed by atoms with Crippen molar-refractivity contribution in [2.24, 2.45) is 0 Å². The molecule has 25 heavy (non-hydrogen) atoms. The number of amides is 1. The second kappa shape index (κ2) is 10.7. The van der Waals surface area contributed by atoms with E-state index in [0.29, 0.717) is 19.4 Å². The Morgan fingerprint density at radius 3 is 2.76 bits per heavy atom. The first kappa shape index (κ1) is 19.2. The summed E-state index contributed by atoms with van der Waals surface area (Å²) in [5.74, 6) is -0.876. The summed E-state index contributed by atoms with van der Waals surface area (Å²) in [7, 11) is 0. The van der Waals surface area contributed by atoms with Crippen molar-refractivity contribution in [3.8, 4) is 0 Å². The van der Waals surface area contributed by atoms with Gasteiger partial charge in [-0.3, -0.25) is 10.1 Å². The Kier molecular flexibility index (Phi) is 8.21. The SMILES string of the molecule is O=C(O)CCCC(NC(=O)OCc1ccccc1)OC1CCCCO1. The van der Waals surface area contributed by atoms with E-state index in [9.17, 15) is 9.59 Å². The summed E-state index contributed by atoms with van der Waals surface area (Å²) in [4.78, 5) is 22.7. The zero-order chi connectivity index (χ0) is 17.9. The molecule has 138 valence electrons. The van der Waals surface area contributed by atoms with Crippen molar-refractivity contribution in [2.45, 2.75) is 57.6 Å². The van der Waals surface area contributed by atoms with Crippen molar-refractivity contribution in [1.82, 2.24) is 5.32 Å². The number of rotatable bonds is 9. The van der Waals surface area contributed by atoms with Gasteiger partial charge in [-0.05, 0) is 37.7 Å². The number of aliphatic carboxylic acids is 1.